The number of nitrogens with zero attached hydrogens (tertiary/aromatic N) is 2. The zero-order chi connectivity index (χ0) is 35.6. The van der Waals surface area contributed by atoms with E-state index in [1.54, 1.807) is 0 Å². The monoisotopic (exact) mass is 710 g/mol. The molecule has 6 heterocycles. The lowest BCUT2D eigenvalue weighted by Crippen LogP contribution is -2.59. The third kappa shape index (κ3) is 3.59. The molecule has 0 saturated heterocycles. The van der Waals surface area contributed by atoms with E-state index < -0.39 is 0 Å². The van der Waals surface area contributed by atoms with Crippen molar-refractivity contribution < 1.29 is 8.83 Å². The van der Waals surface area contributed by atoms with Crippen molar-refractivity contribution >= 4 is 127 Å². The van der Waals surface area contributed by atoms with Gasteiger partial charge in [0.15, 0.2) is 0 Å². The van der Waals surface area contributed by atoms with Crippen LogP contribution in [0, 0.1) is 0 Å². The molecule has 254 valence electrons. The summed E-state index contributed by atoms with van der Waals surface area (Å²) in [6.45, 7) is 7.01. The van der Waals surface area contributed by atoms with E-state index in [1.807, 2.05) is 23.5 Å². The Labute approximate surface area is 314 Å². The Morgan fingerprint density at radius 3 is 2.07 bits per heavy atom. The number of thiophene rings is 1. The van der Waals surface area contributed by atoms with Crippen LogP contribution >= 0.6 is 11.3 Å². The molecule has 0 N–H and O–H groups in total. The predicted octanol–water partition coefficient (Wildman–Crippen LogP) is 11.7. The normalized spacial score (nSPS) is 13.8. The Morgan fingerprint density at radius 1 is 0.556 bits per heavy atom. The molecule has 6 heteroatoms. The lowest BCUT2D eigenvalue weighted by molar-refractivity contribution is 0.591. The Kier molecular flexibility index (Phi) is 5.33. The SMILES string of the molecule is CC(C)(C)c1ccc2sc3c(c2c1)N(c1ccc2oc4ccccc4c2c1)c1cccc2c1B3c1cccc3c4cc5c(cc4n-2c13)oc1ccccc15. The van der Waals surface area contributed by atoms with Crippen LogP contribution in [-0.4, -0.2) is 11.3 Å². The average molecular weight is 711 g/mol. The van der Waals surface area contributed by atoms with Crippen molar-refractivity contribution in [2.24, 2.45) is 0 Å². The van der Waals surface area contributed by atoms with E-state index in [-0.39, 0.29) is 12.1 Å². The number of fused-ring (bicyclic) bond motifs is 15. The predicted molar refractivity (Wildman–Crippen MR) is 229 cm³/mol. The largest absolute Gasteiger partial charge is 0.456 e. The first-order valence-corrected chi connectivity index (χ1v) is 19.5. The van der Waals surface area contributed by atoms with Crippen molar-refractivity contribution in [3.8, 4) is 5.69 Å². The number of para-hydroxylation sites is 3. The minimum Gasteiger partial charge on any atom is -0.456 e. The van der Waals surface area contributed by atoms with Gasteiger partial charge in [0.2, 0.25) is 0 Å². The molecule has 2 aliphatic rings. The molecule has 0 bridgehead atoms. The van der Waals surface area contributed by atoms with Crippen LogP contribution in [0.5, 0.6) is 0 Å². The number of hydrogen-bond donors (Lipinski definition) is 0. The van der Waals surface area contributed by atoms with Gasteiger partial charge < -0.3 is 18.3 Å². The smallest absolute Gasteiger partial charge is 0.264 e. The van der Waals surface area contributed by atoms with E-state index in [0.717, 1.165) is 49.6 Å². The standard InChI is InChI=1S/C48H31BN2O2S/c1-48(2,3)26-18-21-43-34(22-26)46-47(54-43)49-35-13-8-12-30-31-24-33-29-11-5-7-17-40(29)53-42(33)25-38(31)51(45(30)35)37-15-9-14-36(44(37)49)50(46)27-19-20-41-32(23-27)28-10-4-6-16-39(28)52-41/h4-25H,1-3H3. The molecular formula is C48H31BN2O2S. The lowest BCUT2D eigenvalue weighted by atomic mass is 9.36. The molecular weight excluding hydrogens is 679 g/mol. The van der Waals surface area contributed by atoms with Crippen LogP contribution in [-0.2, 0) is 5.41 Å². The van der Waals surface area contributed by atoms with Crippen LogP contribution in [0.2, 0.25) is 0 Å². The first-order valence-electron chi connectivity index (χ1n) is 18.7. The van der Waals surface area contributed by atoms with Crippen LogP contribution in [0.15, 0.2) is 142 Å². The van der Waals surface area contributed by atoms with E-state index in [2.05, 4.69) is 152 Å². The topological polar surface area (TPSA) is 34.5 Å². The summed E-state index contributed by atoms with van der Waals surface area (Å²) in [6, 6.07) is 49.1. The summed E-state index contributed by atoms with van der Waals surface area (Å²) in [7, 11) is 0. The highest BCUT2D eigenvalue weighted by Gasteiger charge is 2.44. The van der Waals surface area contributed by atoms with E-state index in [9.17, 15) is 0 Å². The Hall–Kier alpha value is -6.24. The molecule has 0 aliphatic carbocycles. The van der Waals surface area contributed by atoms with E-state index in [4.69, 9.17) is 8.83 Å². The summed E-state index contributed by atoms with van der Waals surface area (Å²) in [4.78, 5) is 2.55. The minimum absolute atomic E-state index is 0.0179. The van der Waals surface area contributed by atoms with Gasteiger partial charge in [-0.25, -0.2) is 0 Å². The number of hydrogen-bond acceptors (Lipinski definition) is 4. The molecule has 2 aliphatic heterocycles. The van der Waals surface area contributed by atoms with Crippen LogP contribution in [0.1, 0.15) is 26.3 Å². The van der Waals surface area contributed by atoms with Crippen LogP contribution in [0.4, 0.5) is 17.1 Å². The summed E-state index contributed by atoms with van der Waals surface area (Å²) in [5.74, 6) is 0. The highest BCUT2D eigenvalue weighted by molar-refractivity contribution is 7.33. The van der Waals surface area contributed by atoms with Gasteiger partial charge in [0.1, 0.15) is 22.3 Å². The summed E-state index contributed by atoms with van der Waals surface area (Å²) in [5, 5.41) is 8.42. The quantitative estimate of drug-likeness (QED) is 0.159. The first kappa shape index (κ1) is 29.2. The maximum absolute atomic E-state index is 6.49. The molecule has 4 nitrogen and oxygen atoms in total. The van der Waals surface area contributed by atoms with E-state index in [1.165, 1.54) is 70.2 Å². The number of aromatic nitrogens is 1. The molecule has 0 saturated carbocycles. The zero-order valence-electron chi connectivity index (χ0n) is 29.9. The van der Waals surface area contributed by atoms with Gasteiger partial charge >= 0.3 is 0 Å². The second kappa shape index (κ2) is 9.84. The zero-order valence-corrected chi connectivity index (χ0v) is 30.7. The fourth-order valence-corrected chi connectivity index (χ4v) is 11.0. The molecule has 7 aromatic carbocycles. The van der Waals surface area contributed by atoms with Gasteiger partial charge in [-0.3, -0.25) is 0 Å². The van der Waals surface area contributed by atoms with Gasteiger partial charge in [-0.15, -0.1) is 11.3 Å². The molecule has 4 aromatic heterocycles. The van der Waals surface area contributed by atoms with Gasteiger partial charge in [-0.05, 0) is 82.6 Å². The van der Waals surface area contributed by atoms with Crippen molar-refractivity contribution in [2.75, 3.05) is 4.90 Å². The maximum atomic E-state index is 6.49. The van der Waals surface area contributed by atoms with Gasteiger partial charge in [-0.2, -0.15) is 0 Å². The molecule has 0 amide bonds. The molecule has 0 radical (unpaired) electrons. The molecule has 0 atom stereocenters. The van der Waals surface area contributed by atoms with Crippen LogP contribution < -0.4 is 20.6 Å². The van der Waals surface area contributed by atoms with Gasteiger partial charge in [0, 0.05) is 75.8 Å². The summed E-state index contributed by atoms with van der Waals surface area (Å²) in [5.41, 5.74) is 15.0. The summed E-state index contributed by atoms with van der Waals surface area (Å²) in [6.07, 6.45) is 0. The molecule has 0 fully saturated rings. The van der Waals surface area contributed by atoms with Crippen LogP contribution in [0.3, 0.4) is 0 Å². The molecule has 13 rings (SSSR count). The number of rotatable bonds is 1. The van der Waals surface area contributed by atoms with Crippen LogP contribution in [0.25, 0.3) is 81.5 Å². The highest BCUT2D eigenvalue weighted by Crippen LogP contribution is 2.48. The summed E-state index contributed by atoms with van der Waals surface area (Å²) < 4.78 is 18.0. The number of benzene rings is 7. The van der Waals surface area contributed by atoms with Gasteiger partial charge in [0.25, 0.3) is 6.71 Å². The second-order valence-corrected chi connectivity index (χ2v) is 17.2. The highest BCUT2D eigenvalue weighted by atomic mass is 32.1. The fraction of sp³-hybridized carbons (Fsp3) is 0.0833. The molecule has 11 aromatic rings. The molecule has 0 unspecified atom stereocenters. The Balaban J connectivity index is 1.17. The Morgan fingerprint density at radius 2 is 1.26 bits per heavy atom. The Bertz CT molecular complexity index is 3460. The average Bonchev–Trinajstić information content (AvgIpc) is 3.94. The number of anilines is 3. The summed E-state index contributed by atoms with van der Waals surface area (Å²) >= 11 is 1.95. The van der Waals surface area contributed by atoms with Gasteiger partial charge in [-0.1, -0.05) is 87.5 Å². The number of furan rings is 2. The van der Waals surface area contributed by atoms with Crippen molar-refractivity contribution in [2.45, 2.75) is 26.2 Å². The first-order chi connectivity index (χ1) is 26.4. The van der Waals surface area contributed by atoms with Crippen molar-refractivity contribution in [3.63, 3.8) is 0 Å². The molecule has 54 heavy (non-hydrogen) atoms. The second-order valence-electron chi connectivity index (χ2n) is 16.1. The van der Waals surface area contributed by atoms with E-state index >= 15 is 0 Å². The fourth-order valence-electron chi connectivity index (χ4n) is 9.69. The maximum Gasteiger partial charge on any atom is 0.264 e. The van der Waals surface area contributed by atoms with Gasteiger partial charge in [0.05, 0.1) is 11.2 Å². The lowest BCUT2D eigenvalue weighted by Gasteiger charge is -2.39. The molecule has 0 spiro atoms. The third-order valence-corrected chi connectivity index (χ3v) is 13.3. The minimum atomic E-state index is 0.0179. The van der Waals surface area contributed by atoms with Crippen molar-refractivity contribution in [3.05, 3.63) is 139 Å². The van der Waals surface area contributed by atoms with Crippen molar-refractivity contribution in [1.29, 1.82) is 0 Å². The van der Waals surface area contributed by atoms with Crippen molar-refractivity contribution in [1.82, 2.24) is 4.57 Å². The third-order valence-electron chi connectivity index (χ3n) is 12.1. The van der Waals surface area contributed by atoms with E-state index in [0.29, 0.717) is 0 Å².